The van der Waals surface area contributed by atoms with Crippen LogP contribution in [0.5, 0.6) is 0 Å². The third-order valence-corrected chi connectivity index (χ3v) is 1.04. The summed E-state index contributed by atoms with van der Waals surface area (Å²) in [6.07, 6.45) is -0.377. The molecule has 0 bridgehead atoms. The average molecular weight is 166 g/mol. The maximum Gasteiger partial charge on any atom is 0.352 e. The van der Waals surface area contributed by atoms with Crippen LogP contribution in [0.1, 0.15) is 6.42 Å². The molecule has 0 saturated heterocycles. The summed E-state index contributed by atoms with van der Waals surface area (Å²) in [6, 6.07) is 3.04. The first-order valence-corrected chi connectivity index (χ1v) is 2.94. The lowest BCUT2D eigenvalue weighted by Gasteiger charge is -1.97. The number of ether oxygens (including phenoxy) is 1. The maximum atomic E-state index is 10.7. The third-order valence-electron chi connectivity index (χ3n) is 1.04. The molecule has 0 saturated carbocycles. The molecule has 5 heteroatoms. The van der Waals surface area contributed by atoms with Crippen molar-refractivity contribution in [1.82, 2.24) is 0 Å². The number of carbonyl (C=O) groups is 1. The van der Waals surface area contributed by atoms with Gasteiger partial charge in [-0.15, -0.1) is 0 Å². The van der Waals surface area contributed by atoms with Gasteiger partial charge in [0.2, 0.25) is 0 Å². The molecule has 0 atom stereocenters. The summed E-state index contributed by atoms with van der Waals surface area (Å²) in [5, 5.41) is 25.4. The molecule has 0 aromatic heterocycles. The Kier molecular flexibility index (Phi) is 3.96. The zero-order valence-electron chi connectivity index (χ0n) is 6.37. The molecule has 0 rings (SSSR count). The van der Waals surface area contributed by atoms with Crippen molar-refractivity contribution in [2.75, 3.05) is 7.11 Å². The highest BCUT2D eigenvalue weighted by Crippen LogP contribution is 2.05. The van der Waals surface area contributed by atoms with Crippen molar-refractivity contribution in [3.63, 3.8) is 0 Å². The predicted octanol–water partition coefficient (Wildman–Crippen LogP) is 0.409. The van der Waals surface area contributed by atoms with Crippen molar-refractivity contribution >= 4 is 5.97 Å². The molecule has 0 fully saturated rings. The Hall–Kier alpha value is -2.01. The molecule has 0 aromatic carbocycles. The first-order valence-electron chi connectivity index (χ1n) is 2.94. The summed E-state index contributed by atoms with van der Waals surface area (Å²) in [7, 11) is 1.08. The number of hydrogen-bond acceptors (Lipinski definition) is 5. The van der Waals surface area contributed by atoms with E-state index in [0.717, 1.165) is 7.11 Å². The van der Waals surface area contributed by atoms with Gasteiger partial charge in [0.15, 0.2) is 5.57 Å². The molecular formula is C7H6N2O3. The second-order valence-corrected chi connectivity index (χ2v) is 1.76. The van der Waals surface area contributed by atoms with Gasteiger partial charge in [-0.3, -0.25) is 0 Å². The van der Waals surface area contributed by atoms with Gasteiger partial charge in [0.25, 0.3) is 0 Å². The van der Waals surface area contributed by atoms with E-state index >= 15 is 0 Å². The van der Waals surface area contributed by atoms with Crippen LogP contribution in [-0.2, 0) is 9.53 Å². The fourth-order valence-corrected chi connectivity index (χ4v) is 0.493. The summed E-state index contributed by atoms with van der Waals surface area (Å²) in [5.41, 5.74) is -0.529. The Labute approximate surface area is 69.1 Å². The summed E-state index contributed by atoms with van der Waals surface area (Å²) in [5.74, 6) is -1.50. The quantitative estimate of drug-likeness (QED) is 0.277. The molecule has 12 heavy (non-hydrogen) atoms. The van der Waals surface area contributed by atoms with Crippen LogP contribution in [0.2, 0.25) is 0 Å². The van der Waals surface area contributed by atoms with Gasteiger partial charge in [0.05, 0.1) is 19.6 Å². The predicted molar refractivity (Wildman–Crippen MR) is 37.5 cm³/mol. The lowest BCUT2D eigenvalue weighted by atomic mass is 10.2. The number of aliphatic hydroxyl groups is 1. The van der Waals surface area contributed by atoms with Crippen LogP contribution >= 0.6 is 0 Å². The minimum absolute atomic E-state index is 0.377. The molecule has 0 aromatic rings. The van der Waals surface area contributed by atoms with Gasteiger partial charge in [-0.05, 0) is 0 Å². The van der Waals surface area contributed by atoms with E-state index in [0.29, 0.717) is 0 Å². The monoisotopic (exact) mass is 166 g/mol. The number of rotatable bonds is 2. The van der Waals surface area contributed by atoms with Crippen molar-refractivity contribution in [2.45, 2.75) is 6.42 Å². The molecule has 1 N–H and O–H groups in total. The van der Waals surface area contributed by atoms with Crippen LogP contribution in [-0.4, -0.2) is 18.2 Å². The zero-order chi connectivity index (χ0) is 9.56. The lowest BCUT2D eigenvalue weighted by Crippen LogP contribution is -2.06. The molecule has 0 aliphatic heterocycles. The normalized spacial score (nSPS) is 10.6. The summed E-state index contributed by atoms with van der Waals surface area (Å²) >= 11 is 0. The Morgan fingerprint density at radius 2 is 2.17 bits per heavy atom. The third kappa shape index (κ3) is 2.31. The summed E-state index contributed by atoms with van der Waals surface area (Å²) < 4.78 is 4.18. The van der Waals surface area contributed by atoms with Gasteiger partial charge < -0.3 is 9.84 Å². The second kappa shape index (κ2) is 4.75. The Morgan fingerprint density at radius 1 is 1.58 bits per heavy atom. The van der Waals surface area contributed by atoms with Gasteiger partial charge in [-0.2, -0.15) is 10.5 Å². The van der Waals surface area contributed by atoms with Gasteiger partial charge in [-0.25, -0.2) is 4.79 Å². The fourth-order valence-electron chi connectivity index (χ4n) is 0.493. The first-order chi connectivity index (χ1) is 5.67. The van der Waals surface area contributed by atoms with Crippen LogP contribution in [0, 0.1) is 22.7 Å². The smallest absolute Gasteiger partial charge is 0.352 e. The molecule has 0 aliphatic rings. The highest BCUT2D eigenvalue weighted by molar-refractivity contribution is 5.93. The first kappa shape index (κ1) is 9.99. The number of nitrogens with zero attached hydrogens (tertiary/aromatic N) is 2. The van der Waals surface area contributed by atoms with E-state index in [-0.39, 0.29) is 6.42 Å². The number of hydrogen-bond donors (Lipinski definition) is 1. The highest BCUT2D eigenvalue weighted by atomic mass is 16.5. The molecule has 62 valence electrons. The highest BCUT2D eigenvalue weighted by Gasteiger charge is 2.14. The molecule has 0 unspecified atom stereocenters. The van der Waals surface area contributed by atoms with E-state index in [1.54, 1.807) is 6.07 Å². The van der Waals surface area contributed by atoms with Crippen LogP contribution in [0.15, 0.2) is 11.3 Å². The van der Waals surface area contributed by atoms with Crippen LogP contribution in [0.3, 0.4) is 0 Å². The number of methoxy groups -OCH3 is 1. The molecular weight excluding hydrogens is 160 g/mol. The largest absolute Gasteiger partial charge is 0.510 e. The molecule has 0 aliphatic carbocycles. The van der Waals surface area contributed by atoms with E-state index in [9.17, 15) is 4.79 Å². The Balaban J connectivity index is 4.79. The Morgan fingerprint density at radius 3 is 2.50 bits per heavy atom. The SMILES string of the molecule is COC(=O)/C(C#N)=C(\O)CC#N. The maximum absolute atomic E-state index is 10.7. The standard InChI is InChI=1S/C7H6N2O3/c1-12-7(11)5(4-9)6(10)2-3-8/h10H,2H2,1H3/b6-5-. The number of nitriles is 2. The molecule has 0 spiro atoms. The van der Waals surface area contributed by atoms with Crippen molar-refractivity contribution < 1.29 is 14.6 Å². The number of carbonyl (C=O) groups excluding carboxylic acids is 1. The van der Waals surface area contributed by atoms with Crippen molar-refractivity contribution in [3.8, 4) is 12.1 Å². The summed E-state index contributed by atoms with van der Waals surface area (Å²) in [4.78, 5) is 10.7. The van der Waals surface area contributed by atoms with Crippen LogP contribution < -0.4 is 0 Å². The number of allylic oxidation sites excluding steroid dienone is 1. The lowest BCUT2D eigenvalue weighted by molar-refractivity contribution is -0.135. The second-order valence-electron chi connectivity index (χ2n) is 1.76. The van der Waals surface area contributed by atoms with Gasteiger partial charge in [0.1, 0.15) is 11.8 Å². The van der Waals surface area contributed by atoms with E-state index in [1.807, 2.05) is 0 Å². The fraction of sp³-hybridized carbons (Fsp3) is 0.286. The minimum atomic E-state index is -0.940. The van der Waals surface area contributed by atoms with E-state index in [2.05, 4.69) is 4.74 Å². The average Bonchev–Trinajstić information content (AvgIpc) is 2.06. The molecule has 5 nitrogen and oxygen atoms in total. The zero-order valence-corrected chi connectivity index (χ0v) is 6.37. The molecule has 0 heterocycles. The van der Waals surface area contributed by atoms with Crippen molar-refractivity contribution in [1.29, 1.82) is 10.5 Å². The Bertz CT molecular complexity index is 293. The van der Waals surface area contributed by atoms with E-state index in [4.69, 9.17) is 15.6 Å². The number of esters is 1. The minimum Gasteiger partial charge on any atom is -0.510 e. The van der Waals surface area contributed by atoms with Gasteiger partial charge >= 0.3 is 5.97 Å². The van der Waals surface area contributed by atoms with Gasteiger partial charge in [-0.1, -0.05) is 0 Å². The van der Waals surface area contributed by atoms with Crippen molar-refractivity contribution in [2.24, 2.45) is 0 Å². The topological polar surface area (TPSA) is 94.1 Å². The number of aliphatic hydroxyl groups excluding tert-OH is 1. The van der Waals surface area contributed by atoms with Gasteiger partial charge in [0, 0.05) is 0 Å². The van der Waals surface area contributed by atoms with E-state index in [1.165, 1.54) is 6.07 Å². The van der Waals surface area contributed by atoms with Crippen molar-refractivity contribution in [3.05, 3.63) is 11.3 Å². The summed E-state index contributed by atoms with van der Waals surface area (Å²) in [6.45, 7) is 0. The van der Waals surface area contributed by atoms with Crippen LogP contribution in [0.4, 0.5) is 0 Å². The van der Waals surface area contributed by atoms with Crippen LogP contribution in [0.25, 0.3) is 0 Å². The van der Waals surface area contributed by atoms with E-state index < -0.39 is 17.3 Å². The molecule has 0 amide bonds. The molecule has 0 radical (unpaired) electrons.